The van der Waals surface area contributed by atoms with Crippen molar-refractivity contribution in [3.8, 4) is 0 Å². The van der Waals surface area contributed by atoms with Crippen LogP contribution in [0.3, 0.4) is 0 Å². The lowest BCUT2D eigenvalue weighted by molar-refractivity contribution is -0.159. The second kappa shape index (κ2) is 12.4. The van der Waals surface area contributed by atoms with E-state index in [1.807, 2.05) is 44.2 Å². The van der Waals surface area contributed by atoms with Crippen LogP contribution in [-0.4, -0.2) is 31.5 Å². The molecule has 1 unspecified atom stereocenters. The summed E-state index contributed by atoms with van der Waals surface area (Å²) in [6.45, 7) is 4.81. The van der Waals surface area contributed by atoms with Crippen molar-refractivity contribution in [2.45, 2.75) is 52.4 Å². The fourth-order valence-electron chi connectivity index (χ4n) is 1.78. The molecule has 134 valence electrons. The SMILES string of the molecule is CCCCOC(=O)C(NC(=O)OCc1ccccc1)OCCCC. The molecule has 0 aliphatic rings. The smallest absolute Gasteiger partial charge is 0.409 e. The molecule has 1 aromatic carbocycles. The van der Waals surface area contributed by atoms with Gasteiger partial charge >= 0.3 is 12.1 Å². The van der Waals surface area contributed by atoms with E-state index in [2.05, 4.69) is 5.32 Å². The van der Waals surface area contributed by atoms with Crippen LogP contribution in [0.5, 0.6) is 0 Å². The van der Waals surface area contributed by atoms with Gasteiger partial charge in [0.2, 0.25) is 6.23 Å². The van der Waals surface area contributed by atoms with E-state index in [0.717, 1.165) is 31.2 Å². The molecule has 0 radical (unpaired) electrons. The second-order valence-electron chi connectivity index (χ2n) is 5.33. The first-order chi connectivity index (χ1) is 11.7. The number of unbranched alkanes of at least 4 members (excludes halogenated alkanes) is 2. The van der Waals surface area contributed by atoms with Crippen molar-refractivity contribution in [3.05, 3.63) is 35.9 Å². The van der Waals surface area contributed by atoms with E-state index in [4.69, 9.17) is 14.2 Å². The summed E-state index contributed by atoms with van der Waals surface area (Å²) < 4.78 is 15.6. The molecule has 0 aliphatic carbocycles. The van der Waals surface area contributed by atoms with E-state index in [9.17, 15) is 9.59 Å². The molecule has 1 aromatic rings. The van der Waals surface area contributed by atoms with Crippen molar-refractivity contribution in [2.75, 3.05) is 13.2 Å². The maximum Gasteiger partial charge on any atom is 0.409 e. The van der Waals surface area contributed by atoms with Gasteiger partial charge in [-0.2, -0.15) is 0 Å². The molecule has 0 spiro atoms. The van der Waals surface area contributed by atoms with Gasteiger partial charge in [-0.15, -0.1) is 0 Å². The first kappa shape index (κ1) is 20.0. The summed E-state index contributed by atoms with van der Waals surface area (Å²) in [6, 6.07) is 9.30. The maximum atomic E-state index is 12.0. The minimum absolute atomic E-state index is 0.124. The number of hydrogen-bond donors (Lipinski definition) is 1. The third kappa shape index (κ3) is 8.53. The van der Waals surface area contributed by atoms with Gasteiger partial charge < -0.3 is 14.2 Å². The molecule has 0 bridgehead atoms. The number of carbonyl (C=O) groups excluding carboxylic acids is 2. The highest BCUT2D eigenvalue weighted by atomic mass is 16.6. The Morgan fingerprint density at radius 3 is 2.33 bits per heavy atom. The topological polar surface area (TPSA) is 73.9 Å². The van der Waals surface area contributed by atoms with Gasteiger partial charge in [0, 0.05) is 6.61 Å². The zero-order chi connectivity index (χ0) is 17.6. The number of alkyl carbamates (subject to hydrolysis) is 1. The van der Waals surface area contributed by atoms with Crippen LogP contribution in [0.4, 0.5) is 4.79 Å². The third-order valence-corrected chi connectivity index (χ3v) is 3.20. The Labute approximate surface area is 143 Å². The first-order valence-corrected chi connectivity index (χ1v) is 8.42. The average Bonchev–Trinajstić information content (AvgIpc) is 2.60. The summed E-state index contributed by atoms with van der Waals surface area (Å²) in [5.74, 6) is -0.601. The zero-order valence-electron chi connectivity index (χ0n) is 14.5. The van der Waals surface area contributed by atoms with Crippen LogP contribution < -0.4 is 5.32 Å². The van der Waals surface area contributed by atoms with Gasteiger partial charge in [0.05, 0.1) is 6.61 Å². The number of rotatable bonds is 11. The fraction of sp³-hybridized carbons (Fsp3) is 0.556. The predicted molar refractivity (Wildman–Crippen MR) is 90.3 cm³/mol. The molecule has 0 heterocycles. The Morgan fingerprint density at radius 1 is 1.00 bits per heavy atom. The van der Waals surface area contributed by atoms with Gasteiger partial charge in [-0.25, -0.2) is 9.59 Å². The Morgan fingerprint density at radius 2 is 1.67 bits per heavy atom. The van der Waals surface area contributed by atoms with Crippen LogP contribution in [-0.2, 0) is 25.6 Å². The number of amides is 1. The molecular weight excluding hydrogens is 310 g/mol. The third-order valence-electron chi connectivity index (χ3n) is 3.20. The molecular formula is C18H27NO5. The van der Waals surface area contributed by atoms with Crippen LogP contribution >= 0.6 is 0 Å². The molecule has 1 amide bonds. The van der Waals surface area contributed by atoms with Crippen LogP contribution in [0, 0.1) is 0 Å². The lowest BCUT2D eigenvalue weighted by Gasteiger charge is -2.18. The van der Waals surface area contributed by atoms with Gasteiger partial charge in [-0.3, -0.25) is 5.32 Å². The number of esters is 1. The van der Waals surface area contributed by atoms with Crippen molar-refractivity contribution in [1.29, 1.82) is 0 Å². The van der Waals surface area contributed by atoms with Crippen molar-refractivity contribution >= 4 is 12.1 Å². The second-order valence-corrected chi connectivity index (χ2v) is 5.33. The molecule has 0 aliphatic heterocycles. The highest BCUT2D eigenvalue weighted by molar-refractivity contribution is 5.80. The molecule has 6 nitrogen and oxygen atoms in total. The van der Waals surface area contributed by atoms with Crippen molar-refractivity contribution in [3.63, 3.8) is 0 Å². The normalized spacial score (nSPS) is 11.6. The van der Waals surface area contributed by atoms with E-state index in [0.29, 0.717) is 13.2 Å². The van der Waals surface area contributed by atoms with Gasteiger partial charge in [-0.05, 0) is 18.4 Å². The summed E-state index contributed by atoms with van der Waals surface area (Å²) >= 11 is 0. The highest BCUT2D eigenvalue weighted by Gasteiger charge is 2.23. The summed E-state index contributed by atoms with van der Waals surface area (Å²) in [5, 5.41) is 2.41. The molecule has 24 heavy (non-hydrogen) atoms. The fourth-order valence-corrected chi connectivity index (χ4v) is 1.78. The van der Waals surface area contributed by atoms with Crippen LogP contribution in [0.2, 0.25) is 0 Å². The van der Waals surface area contributed by atoms with Crippen molar-refractivity contribution in [2.24, 2.45) is 0 Å². The van der Waals surface area contributed by atoms with E-state index < -0.39 is 18.3 Å². The molecule has 1 N–H and O–H groups in total. The van der Waals surface area contributed by atoms with Gasteiger partial charge in [-0.1, -0.05) is 57.0 Å². The largest absolute Gasteiger partial charge is 0.462 e. The number of carbonyl (C=O) groups is 2. The molecule has 1 atom stereocenters. The molecule has 0 saturated carbocycles. The summed E-state index contributed by atoms with van der Waals surface area (Å²) in [7, 11) is 0. The van der Waals surface area contributed by atoms with Gasteiger partial charge in [0.1, 0.15) is 6.61 Å². The lowest BCUT2D eigenvalue weighted by Crippen LogP contribution is -2.44. The van der Waals surface area contributed by atoms with E-state index in [1.54, 1.807) is 0 Å². The van der Waals surface area contributed by atoms with Crippen molar-refractivity contribution < 1.29 is 23.8 Å². The Balaban J connectivity index is 2.45. The lowest BCUT2D eigenvalue weighted by atomic mass is 10.2. The number of ether oxygens (including phenoxy) is 3. The minimum atomic E-state index is -1.14. The Bertz CT molecular complexity index is 478. The summed E-state index contributed by atoms with van der Waals surface area (Å²) in [4.78, 5) is 23.9. The van der Waals surface area contributed by atoms with E-state index in [1.165, 1.54) is 0 Å². The van der Waals surface area contributed by atoms with E-state index >= 15 is 0 Å². The molecule has 1 rings (SSSR count). The highest BCUT2D eigenvalue weighted by Crippen LogP contribution is 2.02. The Hall–Kier alpha value is -2.08. The number of nitrogens with one attached hydrogen (secondary N) is 1. The summed E-state index contributed by atoms with van der Waals surface area (Å²) in [5.41, 5.74) is 0.863. The number of hydrogen-bond acceptors (Lipinski definition) is 5. The number of benzene rings is 1. The van der Waals surface area contributed by atoms with Crippen LogP contribution in [0.1, 0.15) is 45.1 Å². The quantitative estimate of drug-likeness (QED) is 0.380. The van der Waals surface area contributed by atoms with Gasteiger partial charge in [0.15, 0.2) is 0 Å². The van der Waals surface area contributed by atoms with Crippen molar-refractivity contribution in [1.82, 2.24) is 5.32 Å². The standard InChI is InChI=1S/C18H27NO5/c1-3-5-12-22-16(17(20)23-13-6-4-2)19-18(21)24-14-15-10-8-7-9-11-15/h7-11,16H,3-6,12-14H2,1-2H3,(H,19,21). The van der Waals surface area contributed by atoms with Crippen LogP contribution in [0.15, 0.2) is 30.3 Å². The minimum Gasteiger partial charge on any atom is -0.462 e. The van der Waals surface area contributed by atoms with Crippen LogP contribution in [0.25, 0.3) is 0 Å². The molecule has 0 saturated heterocycles. The zero-order valence-corrected chi connectivity index (χ0v) is 14.5. The van der Waals surface area contributed by atoms with E-state index in [-0.39, 0.29) is 6.61 Å². The molecule has 0 aromatic heterocycles. The first-order valence-electron chi connectivity index (χ1n) is 8.42. The Kier molecular flexibility index (Phi) is 10.3. The van der Waals surface area contributed by atoms with Gasteiger partial charge in [0.25, 0.3) is 0 Å². The molecule has 0 fully saturated rings. The maximum absolute atomic E-state index is 12.0. The molecule has 6 heteroatoms. The summed E-state index contributed by atoms with van der Waals surface area (Å²) in [6.07, 6.45) is 1.55. The predicted octanol–water partition coefficient (Wildman–Crippen LogP) is 3.40. The monoisotopic (exact) mass is 337 g/mol. The average molecular weight is 337 g/mol.